The zero-order valence-electron chi connectivity index (χ0n) is 10.4. The van der Waals surface area contributed by atoms with Gasteiger partial charge in [0.25, 0.3) is 0 Å². The van der Waals surface area contributed by atoms with E-state index in [1.165, 1.54) is 0 Å². The molecule has 0 saturated heterocycles. The van der Waals surface area contributed by atoms with Crippen LogP contribution in [0.15, 0.2) is 42.7 Å². The van der Waals surface area contributed by atoms with Crippen LogP contribution in [0.2, 0.25) is 10.0 Å². The lowest BCUT2D eigenvalue weighted by molar-refractivity contribution is 0.112. The minimum atomic E-state index is 0.472. The molecule has 0 amide bonds. The Kier molecular flexibility index (Phi) is 3.47. The fourth-order valence-electron chi connectivity index (χ4n) is 2.22. The number of carbonyl (C=O) groups is 1. The number of aromatic nitrogens is 2. The third-order valence-corrected chi connectivity index (χ3v) is 3.89. The predicted molar refractivity (Wildman–Crippen MR) is 80.7 cm³/mol. The van der Waals surface area contributed by atoms with E-state index in [9.17, 15) is 4.79 Å². The molecule has 3 rings (SSSR count). The molecule has 2 aromatic heterocycles. The molecule has 0 aliphatic carbocycles. The molecule has 2 heterocycles. The third-order valence-electron chi connectivity index (χ3n) is 3.18. The molecule has 0 bridgehead atoms. The van der Waals surface area contributed by atoms with Crippen LogP contribution < -0.4 is 0 Å². The van der Waals surface area contributed by atoms with Crippen LogP contribution >= 0.6 is 23.2 Å². The summed E-state index contributed by atoms with van der Waals surface area (Å²) in [6.45, 7) is 0.472. The first-order chi connectivity index (χ1) is 9.70. The van der Waals surface area contributed by atoms with E-state index in [1.54, 1.807) is 30.6 Å². The summed E-state index contributed by atoms with van der Waals surface area (Å²) in [4.78, 5) is 15.5. The summed E-state index contributed by atoms with van der Waals surface area (Å²) in [7, 11) is 0. The van der Waals surface area contributed by atoms with E-state index in [-0.39, 0.29) is 0 Å². The number of benzene rings is 1. The van der Waals surface area contributed by atoms with Gasteiger partial charge in [-0.05, 0) is 24.3 Å². The Labute approximate surface area is 125 Å². The second-order valence-electron chi connectivity index (χ2n) is 4.40. The molecule has 5 heteroatoms. The van der Waals surface area contributed by atoms with Gasteiger partial charge in [-0.15, -0.1) is 0 Å². The molecular weight excluding hydrogens is 295 g/mol. The number of carbonyl (C=O) groups excluding carboxylic acids is 1. The molecule has 0 radical (unpaired) electrons. The standard InChI is InChI=1S/C15H10Cl2N2O/c16-13-4-1-5-14(17)12(13)8-19-7-10(9-20)11-3-2-6-18-15(11)19/h1-7,9H,8H2. The lowest BCUT2D eigenvalue weighted by Crippen LogP contribution is -2.00. The second-order valence-corrected chi connectivity index (χ2v) is 5.22. The number of aldehydes is 1. The van der Waals surface area contributed by atoms with Crippen molar-refractivity contribution >= 4 is 40.5 Å². The molecule has 0 atom stereocenters. The summed E-state index contributed by atoms with van der Waals surface area (Å²) in [6.07, 6.45) is 4.29. The van der Waals surface area contributed by atoms with Gasteiger partial charge in [0.1, 0.15) is 5.65 Å². The van der Waals surface area contributed by atoms with Crippen LogP contribution in [0.3, 0.4) is 0 Å². The average Bonchev–Trinajstić information content (AvgIpc) is 2.81. The fraction of sp³-hybridized carbons (Fsp3) is 0.0667. The van der Waals surface area contributed by atoms with Crippen molar-refractivity contribution in [3.05, 3.63) is 63.9 Å². The Morgan fingerprint density at radius 2 is 1.90 bits per heavy atom. The summed E-state index contributed by atoms with van der Waals surface area (Å²) in [5.74, 6) is 0. The van der Waals surface area contributed by atoms with Crippen LogP contribution in [0.4, 0.5) is 0 Å². The van der Waals surface area contributed by atoms with Crippen molar-refractivity contribution in [1.29, 1.82) is 0 Å². The number of hydrogen-bond donors (Lipinski definition) is 0. The molecule has 1 aromatic carbocycles. The smallest absolute Gasteiger partial charge is 0.152 e. The molecule has 0 N–H and O–H groups in total. The van der Waals surface area contributed by atoms with Gasteiger partial charge in [0, 0.05) is 39.0 Å². The maximum absolute atomic E-state index is 11.1. The highest BCUT2D eigenvalue weighted by Gasteiger charge is 2.12. The largest absolute Gasteiger partial charge is 0.327 e. The minimum Gasteiger partial charge on any atom is -0.327 e. The molecule has 100 valence electrons. The Balaban J connectivity index is 2.14. The topological polar surface area (TPSA) is 34.9 Å². The Bertz CT molecular complexity index is 775. The van der Waals surface area contributed by atoms with E-state index in [0.29, 0.717) is 22.2 Å². The quantitative estimate of drug-likeness (QED) is 0.680. The van der Waals surface area contributed by atoms with Crippen molar-refractivity contribution in [3.63, 3.8) is 0 Å². The van der Waals surface area contributed by atoms with Crippen molar-refractivity contribution in [3.8, 4) is 0 Å². The maximum Gasteiger partial charge on any atom is 0.152 e. The predicted octanol–water partition coefficient (Wildman–Crippen LogP) is 4.20. The number of hydrogen-bond acceptors (Lipinski definition) is 2. The molecular formula is C15H10Cl2N2O. The molecule has 3 aromatic rings. The van der Waals surface area contributed by atoms with Crippen LogP contribution in [0, 0.1) is 0 Å². The molecule has 0 saturated carbocycles. The van der Waals surface area contributed by atoms with E-state index >= 15 is 0 Å². The summed E-state index contributed by atoms with van der Waals surface area (Å²) in [5, 5.41) is 2.02. The van der Waals surface area contributed by atoms with E-state index < -0.39 is 0 Å². The van der Waals surface area contributed by atoms with Crippen LogP contribution in [0.1, 0.15) is 15.9 Å². The number of pyridine rings is 1. The van der Waals surface area contributed by atoms with Crippen molar-refractivity contribution in [2.45, 2.75) is 6.54 Å². The zero-order valence-corrected chi connectivity index (χ0v) is 11.9. The van der Waals surface area contributed by atoms with Gasteiger partial charge in [-0.3, -0.25) is 4.79 Å². The zero-order chi connectivity index (χ0) is 14.1. The molecule has 0 aliphatic rings. The molecule has 0 aliphatic heterocycles. The van der Waals surface area contributed by atoms with Crippen molar-refractivity contribution in [2.24, 2.45) is 0 Å². The van der Waals surface area contributed by atoms with Crippen LogP contribution in [0.25, 0.3) is 11.0 Å². The molecule has 0 unspecified atom stereocenters. The van der Waals surface area contributed by atoms with Gasteiger partial charge in [0.15, 0.2) is 6.29 Å². The number of nitrogens with zero attached hydrogens (tertiary/aromatic N) is 2. The van der Waals surface area contributed by atoms with Gasteiger partial charge >= 0.3 is 0 Å². The highest BCUT2D eigenvalue weighted by atomic mass is 35.5. The van der Waals surface area contributed by atoms with Crippen molar-refractivity contribution < 1.29 is 4.79 Å². The van der Waals surface area contributed by atoms with Gasteiger partial charge in [-0.1, -0.05) is 29.3 Å². The maximum atomic E-state index is 11.1. The number of fused-ring (bicyclic) bond motifs is 1. The fourth-order valence-corrected chi connectivity index (χ4v) is 2.73. The van der Waals surface area contributed by atoms with Gasteiger partial charge in [-0.2, -0.15) is 0 Å². The lowest BCUT2D eigenvalue weighted by Gasteiger charge is -2.08. The van der Waals surface area contributed by atoms with Crippen molar-refractivity contribution in [2.75, 3.05) is 0 Å². The minimum absolute atomic E-state index is 0.472. The van der Waals surface area contributed by atoms with Gasteiger partial charge in [-0.25, -0.2) is 4.98 Å². The first-order valence-electron chi connectivity index (χ1n) is 6.02. The van der Waals surface area contributed by atoms with E-state index in [2.05, 4.69) is 4.98 Å². The van der Waals surface area contributed by atoms with Gasteiger partial charge in [0.2, 0.25) is 0 Å². The first-order valence-corrected chi connectivity index (χ1v) is 6.78. The monoisotopic (exact) mass is 304 g/mol. The lowest BCUT2D eigenvalue weighted by atomic mass is 10.2. The SMILES string of the molecule is O=Cc1cn(Cc2c(Cl)cccc2Cl)c2ncccc12. The van der Waals surface area contributed by atoms with Crippen LogP contribution in [0.5, 0.6) is 0 Å². The van der Waals surface area contributed by atoms with Gasteiger partial charge in [0.05, 0.1) is 6.54 Å². The van der Waals surface area contributed by atoms with E-state index in [4.69, 9.17) is 23.2 Å². The molecule has 0 spiro atoms. The molecule has 0 fully saturated rings. The first kappa shape index (κ1) is 13.2. The highest BCUT2D eigenvalue weighted by Crippen LogP contribution is 2.27. The van der Waals surface area contributed by atoms with E-state index in [1.807, 2.05) is 16.7 Å². The molecule has 3 nitrogen and oxygen atoms in total. The van der Waals surface area contributed by atoms with Crippen LogP contribution in [-0.4, -0.2) is 15.8 Å². The highest BCUT2D eigenvalue weighted by molar-refractivity contribution is 6.36. The number of halogens is 2. The Morgan fingerprint density at radius 3 is 2.60 bits per heavy atom. The second kappa shape index (κ2) is 5.27. The third kappa shape index (κ3) is 2.19. The Morgan fingerprint density at radius 1 is 1.15 bits per heavy atom. The van der Waals surface area contributed by atoms with Crippen molar-refractivity contribution in [1.82, 2.24) is 9.55 Å². The summed E-state index contributed by atoms with van der Waals surface area (Å²) in [6, 6.07) is 9.07. The molecule has 20 heavy (non-hydrogen) atoms. The summed E-state index contributed by atoms with van der Waals surface area (Å²) < 4.78 is 1.88. The Hall–Kier alpha value is -1.84. The number of rotatable bonds is 3. The van der Waals surface area contributed by atoms with Gasteiger partial charge < -0.3 is 4.57 Å². The normalized spacial score (nSPS) is 10.9. The van der Waals surface area contributed by atoms with E-state index in [0.717, 1.165) is 22.9 Å². The summed E-state index contributed by atoms with van der Waals surface area (Å²) >= 11 is 12.4. The average molecular weight is 305 g/mol. The van der Waals surface area contributed by atoms with Crippen LogP contribution in [-0.2, 0) is 6.54 Å². The summed E-state index contributed by atoms with van der Waals surface area (Å²) in [5.41, 5.74) is 2.16.